The smallest absolute Gasteiger partial charge is 0.749 e. The molecule has 0 rings (SSSR count). The van der Waals surface area contributed by atoms with Crippen LogP contribution in [0.4, 0.5) is 0 Å². The standard InChI is InChI=1S/C.2H2O5S2/c;2*1-6(2)5-7(3)4/h;2*(H,1,2)(H,3,4)/q+4;;/p-4. The summed E-state index contributed by atoms with van der Waals surface area (Å²) in [4.78, 5) is 0. The molecule has 0 saturated carbocycles. The minimum Gasteiger partial charge on any atom is -0.749 e. The van der Waals surface area contributed by atoms with Crippen LogP contribution in [0.1, 0.15) is 0 Å². The van der Waals surface area contributed by atoms with Gasteiger partial charge in [-0.2, -0.15) is 0 Å². The van der Waals surface area contributed by atoms with Gasteiger partial charge in [-0.15, -0.1) is 0 Å². The molecular weight excluding hydrogens is 300 g/mol. The zero-order valence-corrected chi connectivity index (χ0v) is 9.48. The molecular formula is CO10S4. The molecule has 0 radical (unpaired) electrons. The van der Waals surface area contributed by atoms with Crippen LogP contribution >= 0.6 is 0 Å². The van der Waals surface area contributed by atoms with Crippen LogP contribution in [0.25, 0.3) is 0 Å². The van der Waals surface area contributed by atoms with Crippen LogP contribution in [0.2, 0.25) is 0 Å². The summed E-state index contributed by atoms with van der Waals surface area (Å²) >= 11 is -11.8. The summed E-state index contributed by atoms with van der Waals surface area (Å²) in [6.45, 7) is 0. The van der Waals surface area contributed by atoms with Crippen molar-refractivity contribution < 1.29 is 42.3 Å². The summed E-state index contributed by atoms with van der Waals surface area (Å²) in [6, 6.07) is 0. The maximum atomic E-state index is 9.19. The van der Waals surface area contributed by atoms with Crippen LogP contribution in [-0.2, 0) is 52.7 Å². The van der Waals surface area contributed by atoms with Gasteiger partial charge in [0.2, 0.25) is 0 Å². The average Bonchev–Trinajstić information content (AvgIpc) is 1.79. The van der Waals surface area contributed by atoms with Gasteiger partial charge in [-0.1, -0.05) is 0 Å². The fourth-order valence-corrected chi connectivity index (χ4v) is 0.816. The number of hydrogen-bond acceptors (Lipinski definition) is 10. The van der Waals surface area contributed by atoms with E-state index in [4.69, 9.17) is 0 Å². The maximum Gasteiger partial charge on any atom is 4.00 e. The van der Waals surface area contributed by atoms with E-state index in [1.807, 2.05) is 0 Å². The summed E-state index contributed by atoms with van der Waals surface area (Å²) in [5, 5.41) is 0. The van der Waals surface area contributed by atoms with Crippen molar-refractivity contribution in [3.63, 3.8) is 0 Å². The summed E-state index contributed by atoms with van der Waals surface area (Å²) in [7, 11) is 0. The second-order valence-corrected chi connectivity index (χ2v) is 3.67. The monoisotopic (exact) mass is 300 g/mol. The molecule has 14 heteroatoms. The first-order valence-corrected chi connectivity index (χ1v) is 6.00. The molecule has 0 atom stereocenters. The zero-order chi connectivity index (χ0) is 11.7. The Morgan fingerprint density at radius 2 is 0.733 bits per heavy atom. The van der Waals surface area contributed by atoms with E-state index in [9.17, 15) is 35.0 Å². The van der Waals surface area contributed by atoms with Crippen LogP contribution in [0.5, 0.6) is 0 Å². The van der Waals surface area contributed by atoms with Crippen LogP contribution in [-0.4, -0.2) is 35.0 Å². The van der Waals surface area contributed by atoms with E-state index in [0.29, 0.717) is 0 Å². The molecule has 0 aromatic heterocycles. The second kappa shape index (κ2) is 12.4. The molecule has 0 N–H and O–H groups in total. The van der Waals surface area contributed by atoms with Crippen molar-refractivity contribution in [1.82, 2.24) is 0 Å². The largest absolute Gasteiger partial charge is 4.00 e. The van der Waals surface area contributed by atoms with Gasteiger partial charge in [-0.25, -0.2) is 24.1 Å². The Hall–Kier alpha value is 0.360. The normalized spacial score (nSPS) is 17.3. The van der Waals surface area contributed by atoms with Gasteiger partial charge < -0.3 is 18.2 Å². The molecule has 0 saturated heterocycles. The molecule has 0 aromatic carbocycles. The fourth-order valence-electron chi connectivity index (χ4n) is 0.0907. The third kappa shape index (κ3) is 31.4. The Morgan fingerprint density at radius 1 is 0.600 bits per heavy atom. The molecule has 0 fully saturated rings. The summed E-state index contributed by atoms with van der Waals surface area (Å²) < 4.78 is 79.7. The third-order valence-corrected chi connectivity index (χ3v) is 2.00. The third-order valence-electron chi connectivity index (χ3n) is 0.222. The minimum atomic E-state index is -2.96. The first kappa shape index (κ1) is 20.7. The van der Waals surface area contributed by atoms with E-state index in [1.54, 1.807) is 0 Å². The maximum absolute atomic E-state index is 9.19. The van der Waals surface area contributed by atoms with Gasteiger partial charge in [0.05, 0.1) is 45.4 Å². The predicted molar refractivity (Wildman–Crippen MR) is 41.1 cm³/mol. The zero-order valence-electron chi connectivity index (χ0n) is 6.22. The first-order valence-electron chi connectivity index (χ1n) is 2.00. The van der Waals surface area contributed by atoms with Crippen molar-refractivity contribution in [3.8, 4) is 0 Å². The Kier molecular flexibility index (Phi) is 17.2. The average molecular weight is 300 g/mol. The molecule has 88 valence electrons. The van der Waals surface area contributed by atoms with Crippen molar-refractivity contribution in [3.05, 3.63) is 7.43 Å². The van der Waals surface area contributed by atoms with Crippen molar-refractivity contribution >= 4 is 45.4 Å². The van der Waals surface area contributed by atoms with Crippen LogP contribution in [0.3, 0.4) is 0 Å². The topological polar surface area (TPSA) is 179 Å². The summed E-state index contributed by atoms with van der Waals surface area (Å²) in [5.41, 5.74) is 0. The quantitative estimate of drug-likeness (QED) is 0.494. The molecule has 0 aliphatic carbocycles. The Bertz CT molecular complexity index is 196. The van der Waals surface area contributed by atoms with E-state index in [1.165, 1.54) is 0 Å². The van der Waals surface area contributed by atoms with Gasteiger partial charge >= 0.3 is 7.43 Å². The SMILES string of the molecule is O=S([O-])OS(=O)[O-].O=S([O-])OS(=O)[O-].[C+4]. The van der Waals surface area contributed by atoms with Gasteiger partial charge in [-0.05, 0) is 0 Å². The van der Waals surface area contributed by atoms with E-state index in [0.717, 1.165) is 0 Å². The Morgan fingerprint density at radius 3 is 0.733 bits per heavy atom. The van der Waals surface area contributed by atoms with Gasteiger partial charge in [0.25, 0.3) is 0 Å². The fraction of sp³-hybridized carbons (Fsp3) is 0. The van der Waals surface area contributed by atoms with E-state index in [-0.39, 0.29) is 7.43 Å². The first-order chi connectivity index (χ1) is 6.25. The summed E-state index contributed by atoms with van der Waals surface area (Å²) in [5.74, 6) is 0. The molecule has 0 aromatic rings. The van der Waals surface area contributed by atoms with Crippen molar-refractivity contribution in [2.75, 3.05) is 0 Å². The molecule has 0 aliphatic rings. The number of hydrogen-bond donors (Lipinski definition) is 0. The Labute approximate surface area is 95.3 Å². The molecule has 0 amide bonds. The molecule has 10 nitrogen and oxygen atoms in total. The van der Waals surface area contributed by atoms with E-state index in [2.05, 4.69) is 7.26 Å². The molecule has 0 spiro atoms. The van der Waals surface area contributed by atoms with Crippen LogP contribution < -0.4 is 0 Å². The van der Waals surface area contributed by atoms with E-state index < -0.39 is 45.4 Å². The molecule has 0 unspecified atom stereocenters. The van der Waals surface area contributed by atoms with Crippen LogP contribution in [0, 0.1) is 7.43 Å². The van der Waals surface area contributed by atoms with Gasteiger partial charge in [-0.3, -0.25) is 0 Å². The van der Waals surface area contributed by atoms with E-state index >= 15 is 0 Å². The van der Waals surface area contributed by atoms with Gasteiger partial charge in [0.15, 0.2) is 0 Å². The van der Waals surface area contributed by atoms with Crippen molar-refractivity contribution in [2.24, 2.45) is 0 Å². The second-order valence-electron chi connectivity index (χ2n) is 0.953. The van der Waals surface area contributed by atoms with Gasteiger partial charge in [0.1, 0.15) is 0 Å². The molecule has 0 bridgehead atoms. The Balaban J connectivity index is -0.000000180. The minimum absolute atomic E-state index is 0. The summed E-state index contributed by atoms with van der Waals surface area (Å²) in [6.07, 6.45) is 0. The molecule has 15 heavy (non-hydrogen) atoms. The van der Waals surface area contributed by atoms with Crippen molar-refractivity contribution in [2.45, 2.75) is 0 Å². The number of rotatable bonds is 4. The predicted octanol–water partition coefficient (Wildman–Crippen LogP) is -2.74. The van der Waals surface area contributed by atoms with Crippen LogP contribution in [0.15, 0.2) is 0 Å². The van der Waals surface area contributed by atoms with Crippen molar-refractivity contribution in [1.29, 1.82) is 0 Å². The molecule has 0 aliphatic heterocycles. The van der Waals surface area contributed by atoms with Gasteiger partial charge in [0, 0.05) is 0 Å². The molecule has 0 heterocycles.